The monoisotopic (exact) mass is 185 g/mol. The van der Waals surface area contributed by atoms with Crippen molar-refractivity contribution in [2.75, 3.05) is 19.8 Å². The maximum Gasteiger partial charge on any atom is 0.155 e. The summed E-state index contributed by atoms with van der Waals surface area (Å²) in [5.74, 6) is 0.519. The number of hydrogen-bond donors (Lipinski definition) is 1. The minimum Gasteiger partial charge on any atom is -0.392 e. The lowest BCUT2D eigenvalue weighted by Crippen LogP contribution is -2.24. The summed E-state index contributed by atoms with van der Waals surface area (Å²) in [4.78, 5) is 5.07. The van der Waals surface area contributed by atoms with Crippen LogP contribution in [0.4, 0.5) is 0 Å². The number of rotatable bonds is 2. The molecule has 2 rings (SSSR count). The summed E-state index contributed by atoms with van der Waals surface area (Å²) in [6.07, 6.45) is 2.78. The van der Waals surface area contributed by atoms with Crippen molar-refractivity contribution in [1.29, 1.82) is 0 Å². The van der Waals surface area contributed by atoms with E-state index in [9.17, 15) is 0 Å². The molecule has 2 aliphatic heterocycles. The Labute approximate surface area is 77.5 Å². The van der Waals surface area contributed by atoms with Crippen LogP contribution in [-0.2, 0) is 9.57 Å². The average Bonchev–Trinajstić information content (AvgIpc) is 2.67. The predicted octanol–water partition coefficient (Wildman–Crippen LogP) is 0.550. The van der Waals surface area contributed by atoms with Crippen molar-refractivity contribution < 1.29 is 14.7 Å². The normalized spacial score (nSPS) is 29.9. The Morgan fingerprint density at radius 2 is 2.15 bits per heavy atom. The molecule has 1 N–H and O–H groups in total. The highest BCUT2D eigenvalue weighted by atomic mass is 16.6. The summed E-state index contributed by atoms with van der Waals surface area (Å²) in [5, 5.41) is 12.9. The minimum atomic E-state index is -0.0992. The molecule has 74 valence electrons. The highest BCUT2D eigenvalue weighted by Gasteiger charge is 2.27. The number of aliphatic hydroxyl groups excluding tert-OH is 1. The highest BCUT2D eigenvalue weighted by molar-refractivity contribution is 5.87. The third kappa shape index (κ3) is 2.00. The second-order valence-electron chi connectivity index (χ2n) is 3.58. The maximum absolute atomic E-state index is 8.86. The molecule has 1 saturated heterocycles. The van der Waals surface area contributed by atoms with Gasteiger partial charge in [-0.25, -0.2) is 0 Å². The van der Waals surface area contributed by atoms with Gasteiger partial charge in [-0.2, -0.15) is 0 Å². The Balaban J connectivity index is 1.87. The van der Waals surface area contributed by atoms with Crippen molar-refractivity contribution in [3.05, 3.63) is 0 Å². The Morgan fingerprint density at radius 1 is 1.38 bits per heavy atom. The van der Waals surface area contributed by atoms with Gasteiger partial charge in [0.1, 0.15) is 0 Å². The van der Waals surface area contributed by atoms with Crippen molar-refractivity contribution in [2.24, 2.45) is 11.1 Å². The number of aliphatic hydroxyl groups is 1. The summed E-state index contributed by atoms with van der Waals surface area (Å²) in [7, 11) is 0. The third-order valence-electron chi connectivity index (χ3n) is 2.65. The second kappa shape index (κ2) is 4.07. The highest BCUT2D eigenvalue weighted by Crippen LogP contribution is 2.23. The lowest BCUT2D eigenvalue weighted by atomic mass is 9.92. The van der Waals surface area contributed by atoms with Crippen molar-refractivity contribution >= 4 is 5.71 Å². The molecule has 2 aliphatic rings. The summed E-state index contributed by atoms with van der Waals surface area (Å²) in [6.45, 7) is 1.72. The Hall–Kier alpha value is -0.610. The standard InChI is InChI=1S/C9H15NO3/c11-6-8-5-9(10-13-8)7-1-3-12-4-2-7/h7-8,11H,1-6H2. The van der Waals surface area contributed by atoms with Gasteiger partial charge in [0.15, 0.2) is 6.10 Å². The molecule has 0 aliphatic carbocycles. The van der Waals surface area contributed by atoms with E-state index in [1.165, 1.54) is 0 Å². The van der Waals surface area contributed by atoms with E-state index in [-0.39, 0.29) is 12.7 Å². The van der Waals surface area contributed by atoms with Crippen LogP contribution in [0.15, 0.2) is 5.16 Å². The van der Waals surface area contributed by atoms with Gasteiger partial charge >= 0.3 is 0 Å². The zero-order chi connectivity index (χ0) is 9.10. The minimum absolute atomic E-state index is 0.0657. The van der Waals surface area contributed by atoms with E-state index in [2.05, 4.69) is 5.16 Å². The van der Waals surface area contributed by atoms with E-state index in [0.29, 0.717) is 5.92 Å². The van der Waals surface area contributed by atoms with Crippen molar-refractivity contribution in [2.45, 2.75) is 25.4 Å². The lowest BCUT2D eigenvalue weighted by Gasteiger charge is -2.20. The molecule has 0 aromatic carbocycles. The van der Waals surface area contributed by atoms with Gasteiger partial charge in [0, 0.05) is 25.6 Å². The molecule has 1 atom stereocenters. The van der Waals surface area contributed by atoms with E-state index in [1.54, 1.807) is 0 Å². The lowest BCUT2D eigenvalue weighted by molar-refractivity contribution is 0.0389. The Kier molecular flexibility index (Phi) is 2.80. The SMILES string of the molecule is OCC1CC(C2CCOCC2)=NO1. The Morgan fingerprint density at radius 3 is 2.77 bits per heavy atom. The molecular formula is C9H15NO3. The fourth-order valence-corrected chi connectivity index (χ4v) is 1.82. The molecule has 0 amide bonds. The molecule has 4 heteroatoms. The quantitative estimate of drug-likeness (QED) is 0.683. The van der Waals surface area contributed by atoms with Crippen LogP contribution in [0.25, 0.3) is 0 Å². The second-order valence-corrected chi connectivity index (χ2v) is 3.58. The van der Waals surface area contributed by atoms with E-state index < -0.39 is 0 Å². The first kappa shape index (κ1) is 8.97. The molecule has 0 aromatic heterocycles. The number of hydrogen-bond acceptors (Lipinski definition) is 4. The van der Waals surface area contributed by atoms with Gasteiger partial charge in [-0.15, -0.1) is 0 Å². The van der Waals surface area contributed by atoms with Gasteiger partial charge in [-0.1, -0.05) is 5.16 Å². The molecule has 2 heterocycles. The van der Waals surface area contributed by atoms with Gasteiger partial charge in [0.2, 0.25) is 0 Å². The molecule has 0 radical (unpaired) electrons. The summed E-state index contributed by atoms with van der Waals surface area (Å²) < 4.78 is 5.27. The fourth-order valence-electron chi connectivity index (χ4n) is 1.82. The number of oxime groups is 1. The molecule has 0 aromatic rings. The van der Waals surface area contributed by atoms with E-state index in [4.69, 9.17) is 14.7 Å². The van der Waals surface area contributed by atoms with Crippen LogP contribution in [-0.4, -0.2) is 36.7 Å². The molecule has 13 heavy (non-hydrogen) atoms. The number of nitrogens with zero attached hydrogens (tertiary/aromatic N) is 1. The van der Waals surface area contributed by atoms with E-state index in [0.717, 1.165) is 38.2 Å². The van der Waals surface area contributed by atoms with Crippen LogP contribution in [0.2, 0.25) is 0 Å². The first-order valence-electron chi connectivity index (χ1n) is 4.81. The van der Waals surface area contributed by atoms with Gasteiger partial charge in [-0.3, -0.25) is 0 Å². The zero-order valence-electron chi connectivity index (χ0n) is 7.61. The van der Waals surface area contributed by atoms with Crippen LogP contribution in [0, 0.1) is 5.92 Å². The smallest absolute Gasteiger partial charge is 0.155 e. The van der Waals surface area contributed by atoms with E-state index >= 15 is 0 Å². The molecule has 1 unspecified atom stereocenters. The number of ether oxygens (including phenoxy) is 1. The van der Waals surface area contributed by atoms with Crippen LogP contribution < -0.4 is 0 Å². The van der Waals surface area contributed by atoms with Crippen LogP contribution in [0.3, 0.4) is 0 Å². The summed E-state index contributed by atoms with van der Waals surface area (Å²) >= 11 is 0. The van der Waals surface area contributed by atoms with Crippen molar-refractivity contribution in [3.8, 4) is 0 Å². The molecule has 4 nitrogen and oxygen atoms in total. The van der Waals surface area contributed by atoms with Gasteiger partial charge in [-0.05, 0) is 12.8 Å². The third-order valence-corrected chi connectivity index (χ3v) is 2.65. The topological polar surface area (TPSA) is 51.0 Å². The van der Waals surface area contributed by atoms with Crippen LogP contribution in [0.5, 0.6) is 0 Å². The first-order chi connectivity index (χ1) is 6.40. The van der Waals surface area contributed by atoms with Crippen LogP contribution in [0.1, 0.15) is 19.3 Å². The fraction of sp³-hybridized carbons (Fsp3) is 0.889. The molecule has 1 fully saturated rings. The van der Waals surface area contributed by atoms with Crippen LogP contribution >= 0.6 is 0 Å². The van der Waals surface area contributed by atoms with Gasteiger partial charge in [0.25, 0.3) is 0 Å². The first-order valence-corrected chi connectivity index (χ1v) is 4.81. The van der Waals surface area contributed by atoms with Crippen molar-refractivity contribution in [1.82, 2.24) is 0 Å². The molecule has 0 spiro atoms. The average molecular weight is 185 g/mol. The summed E-state index contributed by atoms with van der Waals surface area (Å²) in [6, 6.07) is 0. The zero-order valence-corrected chi connectivity index (χ0v) is 7.61. The van der Waals surface area contributed by atoms with Gasteiger partial charge in [0.05, 0.1) is 12.3 Å². The molecular weight excluding hydrogens is 170 g/mol. The largest absolute Gasteiger partial charge is 0.392 e. The summed E-state index contributed by atoms with van der Waals surface area (Å²) in [5.41, 5.74) is 1.11. The maximum atomic E-state index is 8.86. The molecule has 0 bridgehead atoms. The predicted molar refractivity (Wildman–Crippen MR) is 47.6 cm³/mol. The van der Waals surface area contributed by atoms with Crippen molar-refractivity contribution in [3.63, 3.8) is 0 Å². The van der Waals surface area contributed by atoms with Gasteiger partial charge < -0.3 is 14.7 Å². The Bertz CT molecular complexity index is 199. The van der Waals surface area contributed by atoms with E-state index in [1.807, 2.05) is 0 Å². The molecule has 0 saturated carbocycles.